The fourth-order valence-corrected chi connectivity index (χ4v) is 10.2. The van der Waals surface area contributed by atoms with Crippen molar-refractivity contribution in [3.05, 3.63) is 0 Å². The fourth-order valence-electron chi connectivity index (χ4n) is 10.2. The first-order valence-electron chi connectivity index (χ1n) is 40.4. The van der Waals surface area contributed by atoms with Gasteiger partial charge in [0, 0.05) is 90.1 Å². The number of hydrogen-bond acceptors (Lipinski definition) is 24. The Hall–Kier alpha value is -7.85. The first-order chi connectivity index (χ1) is 54.4. The molecule has 5 aliphatic rings. The van der Waals surface area contributed by atoms with E-state index in [-0.39, 0.29) is 65.8 Å². The molecule has 10 N–H and O–H groups in total. The summed E-state index contributed by atoms with van der Waals surface area (Å²) in [5, 5.41) is 32.0. The third kappa shape index (κ3) is 54.1. The number of carbonyl (C=O) groups excluding carboxylic acids is 11. The van der Waals surface area contributed by atoms with E-state index in [0.717, 1.165) is 39.1 Å². The van der Waals surface area contributed by atoms with Gasteiger partial charge in [-0.05, 0) is 122 Å². The zero-order valence-corrected chi connectivity index (χ0v) is 73.5. The summed E-state index contributed by atoms with van der Waals surface area (Å²) in [6.07, 6.45) is -4.95. The Labute approximate surface area is 690 Å². The van der Waals surface area contributed by atoms with E-state index in [1.165, 1.54) is 18.7 Å². The highest BCUT2D eigenvalue weighted by atomic mass is 19.4. The first-order valence-corrected chi connectivity index (χ1v) is 39.7. The second kappa shape index (κ2) is 58.1. The van der Waals surface area contributed by atoms with E-state index in [2.05, 4.69) is 26.6 Å². The van der Waals surface area contributed by atoms with E-state index in [1.807, 2.05) is 34.6 Å². The second-order valence-electron chi connectivity index (χ2n) is 32.3. The number of morpholine rings is 5. The topological polar surface area (TPSA) is 457 Å². The summed E-state index contributed by atoms with van der Waals surface area (Å²) in [7, 11) is -1.00. The Morgan fingerprint density at radius 2 is 0.675 bits per heavy atom. The van der Waals surface area contributed by atoms with Crippen molar-refractivity contribution in [2.45, 2.75) is 256 Å². The van der Waals surface area contributed by atoms with Gasteiger partial charge in [-0.25, -0.2) is 24.0 Å². The summed E-state index contributed by atoms with van der Waals surface area (Å²) in [5.41, 5.74) is 3.48. The molecule has 0 unspecified atom stereocenters. The van der Waals surface area contributed by atoms with Crippen molar-refractivity contribution >= 4 is 77.4 Å². The maximum atomic E-state index is 12.8. The number of rotatable bonds is 23. The average Bonchev–Trinajstić information content (AvgIpc) is 0.837. The molecule has 5 aliphatic heterocycles. The Morgan fingerprint density at radius 3 is 0.940 bits per heavy atom. The smallest absolute Gasteiger partial charge is 0.471 e. The van der Waals surface area contributed by atoms with Crippen LogP contribution in [0.5, 0.6) is 0 Å². The van der Waals surface area contributed by atoms with Gasteiger partial charge < -0.3 is 110 Å². The summed E-state index contributed by atoms with van der Waals surface area (Å²) in [6, 6.07) is -4.73. The lowest BCUT2D eigenvalue weighted by atomic mass is 9.90. The number of amides is 9. The number of halogens is 4. The molecule has 5 heterocycles. The van der Waals surface area contributed by atoms with E-state index in [1.54, 1.807) is 131 Å². The van der Waals surface area contributed by atoms with Gasteiger partial charge in [-0.3, -0.25) is 42.7 Å². The molecular weight excluding hydrogens is 1550 g/mol. The number of nitrogens with one attached hydrogen (secondary N) is 6. The number of nitrogens with two attached hydrogens (primary N) is 1. The van der Waals surface area contributed by atoms with E-state index < -0.39 is 126 Å². The van der Waals surface area contributed by atoms with Crippen LogP contribution in [-0.4, -0.2) is 311 Å². The Bertz CT molecular complexity index is 2980. The lowest BCUT2D eigenvalue weighted by Gasteiger charge is -2.30. The van der Waals surface area contributed by atoms with Gasteiger partial charge in [0.2, 0.25) is 23.6 Å². The van der Waals surface area contributed by atoms with Crippen LogP contribution in [0.3, 0.4) is 0 Å². The summed E-state index contributed by atoms with van der Waals surface area (Å²) in [5.74, 6) is -5.76. The standard InChI is InChI=1S/C19H34N2O5.C14H26N2O3.C12H22N2O4.C11H21NO4.C9H13F3N2O3.C8H15NO4.C4H9NO.CH3F/c1-7-13(2)16(20-18(24)26-19(4,5)6)15(22)12-14(3)17(23)21-8-10-25-11-9-21;1-4-10(2)13(15)12(17)9-11(3)14(18)16-5-7-19-8-6-16;1-9(13-11(16)18-12(2,3)4)10(15)14-5-7-17-8-6-14;1-6-7(2)8(9(13)14)12-10(15)16-11(3,4)5;1-6(13-8(16)9(10,11)12)7(15)14-2-4-17-5-3-14;1-5(6(10)11)9-7(12)13-8(2,3)4;1-3-6-4-2-5-1;1-2/h13-14,16H,7-12H2,1-6H3,(H,20,24);10-11,13H,4-9,15H2,1-3H3;9H,5-8H2,1-4H3,(H,13,16);7-8H,6H2,1-5H3,(H,12,15)(H,13,14);6H,2-5H2,1H3,(H,13,16);5H,1-4H3,(H,9,12)(H,10,11);5H,1-4H2;1H3/t13-,14+,16-;10-,11+,13-;9-;7-,8-;6-;5-;;/m000000../s1/i;;;;;;;1D. The normalized spacial score (nSPS) is 17.9. The van der Waals surface area contributed by atoms with E-state index in [4.69, 9.17) is 59.9 Å². The van der Waals surface area contributed by atoms with Crippen molar-refractivity contribution in [1.82, 2.24) is 51.5 Å². The summed E-state index contributed by atoms with van der Waals surface area (Å²) in [4.78, 5) is 158. The van der Waals surface area contributed by atoms with Crippen LogP contribution in [0.1, 0.15) is 193 Å². The van der Waals surface area contributed by atoms with Crippen molar-refractivity contribution in [1.29, 1.82) is 0 Å². The van der Waals surface area contributed by atoms with Crippen LogP contribution in [0.4, 0.5) is 36.7 Å². The number of alkyl halides is 4. The van der Waals surface area contributed by atoms with Crippen molar-refractivity contribution in [3.8, 4) is 0 Å². The van der Waals surface area contributed by atoms with Crippen LogP contribution in [0, 0.1) is 29.6 Å². The molecule has 5 saturated heterocycles. The monoisotopic (exact) mass is 1700 g/mol. The van der Waals surface area contributed by atoms with Crippen LogP contribution in [0.2, 0.25) is 0 Å². The number of nitrogens with zero attached hydrogens (tertiary/aromatic N) is 4. The Morgan fingerprint density at radius 1 is 0.410 bits per heavy atom. The number of Topliss-reactive ketones (excluding diaryl/α,β-unsaturated/α-hetero) is 2. The number of carbonyl (C=O) groups is 13. The summed E-state index contributed by atoms with van der Waals surface area (Å²) in [6.45, 7) is 52.3. The lowest BCUT2D eigenvalue weighted by Crippen LogP contribution is -2.52. The molecule has 0 aromatic carbocycles. The zero-order valence-electron chi connectivity index (χ0n) is 74.5. The molecular formula is C78H143F4N11O24. The number of ether oxygens (including phenoxy) is 9. The average molecular weight is 1700 g/mol. The largest absolute Gasteiger partial charge is 0.480 e. The van der Waals surface area contributed by atoms with E-state index in [0.29, 0.717) is 112 Å². The minimum atomic E-state index is -4.97. The van der Waals surface area contributed by atoms with E-state index in [9.17, 15) is 79.9 Å². The van der Waals surface area contributed by atoms with Crippen LogP contribution in [0.25, 0.3) is 0 Å². The molecule has 39 heteroatoms. The van der Waals surface area contributed by atoms with Gasteiger partial charge in [-0.2, -0.15) is 13.2 Å². The number of alkyl carbamates (subject to hydrolysis) is 4. The van der Waals surface area contributed by atoms with Gasteiger partial charge in [0.1, 0.15) is 46.6 Å². The minimum Gasteiger partial charge on any atom is -0.480 e. The third-order valence-electron chi connectivity index (χ3n) is 17.2. The molecule has 682 valence electrons. The van der Waals surface area contributed by atoms with Gasteiger partial charge in [-0.15, -0.1) is 0 Å². The maximum Gasteiger partial charge on any atom is 0.471 e. The fraction of sp³-hybridized carbons (Fsp3) is 0.833. The molecule has 0 saturated carbocycles. The molecule has 5 rings (SSSR count). The van der Waals surface area contributed by atoms with Crippen molar-refractivity contribution in [2.24, 2.45) is 35.3 Å². The number of ketones is 2. The minimum absolute atomic E-state index is 0.0107. The molecule has 0 spiro atoms. The van der Waals surface area contributed by atoms with Crippen LogP contribution < -0.4 is 37.6 Å². The number of carboxylic acid groups (broad SMARTS) is 2. The Kier molecular flexibility index (Phi) is 55.2. The number of hydrogen-bond donors (Lipinski definition) is 9. The molecule has 0 aromatic heterocycles. The molecule has 11 atom stereocenters. The Balaban J connectivity index is -0.00000133. The predicted molar refractivity (Wildman–Crippen MR) is 427 cm³/mol. The van der Waals surface area contributed by atoms with Crippen molar-refractivity contribution < 1.29 is 134 Å². The van der Waals surface area contributed by atoms with Gasteiger partial charge in [-0.1, -0.05) is 74.7 Å². The van der Waals surface area contributed by atoms with E-state index >= 15 is 0 Å². The number of carboxylic acids is 2. The molecule has 0 bridgehead atoms. The van der Waals surface area contributed by atoms with Gasteiger partial charge in [0.15, 0.2) is 11.6 Å². The van der Waals surface area contributed by atoms with Crippen LogP contribution >= 0.6 is 0 Å². The zero-order chi connectivity index (χ0) is 91.7. The molecule has 5 fully saturated rings. The van der Waals surface area contributed by atoms with Crippen LogP contribution in [-0.2, 0) is 85.8 Å². The molecule has 0 radical (unpaired) electrons. The summed E-state index contributed by atoms with van der Waals surface area (Å²) >= 11 is 0. The van der Waals surface area contributed by atoms with Crippen molar-refractivity contribution in [2.75, 3.05) is 139 Å². The molecule has 117 heavy (non-hydrogen) atoms. The van der Waals surface area contributed by atoms with Gasteiger partial charge >= 0.3 is 48.4 Å². The second-order valence-corrected chi connectivity index (χ2v) is 32.3. The van der Waals surface area contributed by atoms with Crippen molar-refractivity contribution in [3.63, 3.8) is 0 Å². The highest BCUT2D eigenvalue weighted by Gasteiger charge is 2.41. The van der Waals surface area contributed by atoms with Gasteiger partial charge in [0.25, 0.3) is 0 Å². The molecule has 35 nitrogen and oxygen atoms in total. The molecule has 0 aromatic rings. The lowest BCUT2D eigenvalue weighted by molar-refractivity contribution is -0.175. The SMILES string of the molecule is C1COCCN1.CC[C@H](C)[C@H](N)C(=O)C[C@@H](C)C(=O)N1CCOCC1.CC[C@H](C)[C@H](NC(=O)OC(C)(C)C)C(=O)C[C@@H](C)C(=O)N1CCOCC1.CC[C@H](C)[C@H](NC(=O)OC(C)(C)C)C(=O)O.C[C@H](NC(=O)C(F)(F)F)C(=O)N1CCOCC1.C[C@H](NC(=O)OC(C)(C)C)C(=O)N1CCOCC1.C[C@H](NC(=O)OC(C)(C)C)C(=O)O.[2H]CF. The summed E-state index contributed by atoms with van der Waals surface area (Å²) < 4.78 is 97.2. The molecule has 0 aliphatic carbocycles. The number of aliphatic carboxylic acids is 2. The highest BCUT2D eigenvalue weighted by Crippen LogP contribution is 2.21. The molecule has 9 amide bonds. The predicted octanol–water partition coefficient (Wildman–Crippen LogP) is 7.05. The third-order valence-corrected chi connectivity index (χ3v) is 17.2. The first kappa shape index (κ1) is 111. The quantitative estimate of drug-likeness (QED) is 0.0365. The highest BCUT2D eigenvalue weighted by molar-refractivity contribution is 5.93. The van der Waals surface area contributed by atoms with Crippen LogP contribution in [0.15, 0.2) is 0 Å². The van der Waals surface area contributed by atoms with Gasteiger partial charge in [0.05, 0.1) is 86.7 Å². The maximum absolute atomic E-state index is 12.8.